The van der Waals surface area contributed by atoms with E-state index in [1.165, 1.54) is 23.7 Å². The van der Waals surface area contributed by atoms with Crippen LogP contribution in [0.1, 0.15) is 44.5 Å². The quantitative estimate of drug-likeness (QED) is 0.488. The standard InChI is InChI=1S/C23H34FN5O2S/c1-3-18(2)29(12-9-22(30)25-10-4-11-28-13-15-31-16-14-28)23-26-21(27-32-23)17-19-5-7-20(24)8-6-19/h5-8,18H,3-4,9-17H2,1-2H3,(H,25,30). The SMILES string of the molecule is CCC(C)N(CCC(=O)NCCCN1CCOCC1)c1nc(Cc2ccc(F)cc2)ns1. The number of hydrogen-bond acceptors (Lipinski definition) is 7. The molecule has 0 bridgehead atoms. The second-order valence-corrected chi connectivity index (χ2v) is 8.88. The fourth-order valence-corrected chi connectivity index (χ4v) is 4.42. The highest BCUT2D eigenvalue weighted by Gasteiger charge is 2.19. The highest BCUT2D eigenvalue weighted by molar-refractivity contribution is 7.09. The van der Waals surface area contributed by atoms with Crippen molar-refractivity contribution in [3.05, 3.63) is 41.5 Å². The number of ether oxygens (including phenoxy) is 1. The summed E-state index contributed by atoms with van der Waals surface area (Å²) in [6, 6.07) is 6.68. The molecule has 1 aromatic carbocycles. The Hall–Kier alpha value is -2.10. The molecule has 1 unspecified atom stereocenters. The Labute approximate surface area is 194 Å². The summed E-state index contributed by atoms with van der Waals surface area (Å²) < 4.78 is 23.0. The van der Waals surface area contributed by atoms with E-state index < -0.39 is 0 Å². The molecule has 1 aliphatic heterocycles. The summed E-state index contributed by atoms with van der Waals surface area (Å²) in [5.74, 6) is 0.539. The zero-order valence-electron chi connectivity index (χ0n) is 19.1. The topological polar surface area (TPSA) is 70.6 Å². The molecule has 0 saturated carbocycles. The molecule has 7 nitrogen and oxygen atoms in total. The van der Waals surface area contributed by atoms with Gasteiger partial charge in [-0.2, -0.15) is 4.37 Å². The largest absolute Gasteiger partial charge is 0.379 e. The molecule has 1 aromatic heterocycles. The highest BCUT2D eigenvalue weighted by Crippen LogP contribution is 2.22. The molecule has 1 saturated heterocycles. The molecule has 1 fully saturated rings. The van der Waals surface area contributed by atoms with Crippen LogP contribution in [0, 0.1) is 5.82 Å². The van der Waals surface area contributed by atoms with Crippen molar-refractivity contribution in [3.63, 3.8) is 0 Å². The number of nitrogens with zero attached hydrogens (tertiary/aromatic N) is 4. The van der Waals surface area contributed by atoms with E-state index in [0.29, 0.717) is 25.9 Å². The van der Waals surface area contributed by atoms with Gasteiger partial charge in [0.1, 0.15) is 11.6 Å². The van der Waals surface area contributed by atoms with Crippen LogP contribution >= 0.6 is 11.5 Å². The third-order valence-electron chi connectivity index (χ3n) is 5.76. The molecule has 1 N–H and O–H groups in total. The number of halogens is 1. The molecular weight excluding hydrogens is 429 g/mol. The molecule has 1 atom stereocenters. The maximum absolute atomic E-state index is 13.1. The van der Waals surface area contributed by atoms with E-state index >= 15 is 0 Å². The predicted molar refractivity (Wildman–Crippen MR) is 126 cm³/mol. The Morgan fingerprint density at radius 3 is 2.78 bits per heavy atom. The zero-order chi connectivity index (χ0) is 22.8. The normalized spacial score (nSPS) is 15.5. The van der Waals surface area contributed by atoms with Crippen LogP contribution in [0.5, 0.6) is 0 Å². The predicted octanol–water partition coefficient (Wildman–Crippen LogP) is 3.10. The summed E-state index contributed by atoms with van der Waals surface area (Å²) in [4.78, 5) is 21.6. The van der Waals surface area contributed by atoms with Gasteiger partial charge in [-0.1, -0.05) is 19.1 Å². The van der Waals surface area contributed by atoms with Gasteiger partial charge in [0, 0.05) is 56.6 Å². The number of carbonyl (C=O) groups is 1. The van der Waals surface area contributed by atoms with Crippen molar-refractivity contribution in [2.24, 2.45) is 0 Å². The van der Waals surface area contributed by atoms with Crippen LogP contribution in [-0.4, -0.2) is 72.1 Å². The molecule has 1 amide bonds. The van der Waals surface area contributed by atoms with Crippen LogP contribution in [0.2, 0.25) is 0 Å². The molecular formula is C23H34FN5O2S. The summed E-state index contributed by atoms with van der Waals surface area (Å²) in [5.41, 5.74) is 0.974. The first kappa shape index (κ1) is 24.5. The van der Waals surface area contributed by atoms with E-state index in [1.807, 2.05) is 0 Å². The maximum atomic E-state index is 13.1. The Bertz CT molecular complexity index is 826. The van der Waals surface area contributed by atoms with Crippen molar-refractivity contribution < 1.29 is 13.9 Å². The number of amides is 1. The molecule has 9 heteroatoms. The van der Waals surface area contributed by atoms with Gasteiger partial charge < -0.3 is 15.0 Å². The Morgan fingerprint density at radius 1 is 1.31 bits per heavy atom. The monoisotopic (exact) mass is 463 g/mol. The van der Waals surface area contributed by atoms with Crippen molar-refractivity contribution in [2.75, 3.05) is 50.8 Å². The fourth-order valence-electron chi connectivity index (χ4n) is 3.61. The lowest BCUT2D eigenvalue weighted by molar-refractivity contribution is -0.120. The van der Waals surface area contributed by atoms with Crippen molar-refractivity contribution in [2.45, 2.75) is 45.6 Å². The van der Waals surface area contributed by atoms with E-state index in [9.17, 15) is 9.18 Å². The maximum Gasteiger partial charge on any atom is 0.221 e. The van der Waals surface area contributed by atoms with Crippen LogP contribution in [0.15, 0.2) is 24.3 Å². The lowest BCUT2D eigenvalue weighted by atomic mass is 10.1. The number of carbonyl (C=O) groups excluding carboxylic acids is 1. The molecule has 0 aliphatic carbocycles. The van der Waals surface area contributed by atoms with E-state index in [4.69, 9.17) is 9.72 Å². The molecule has 176 valence electrons. The number of hydrogen-bond donors (Lipinski definition) is 1. The number of rotatable bonds is 12. The van der Waals surface area contributed by atoms with Crippen LogP contribution in [0.25, 0.3) is 0 Å². The third-order valence-corrected chi connectivity index (χ3v) is 6.55. The minimum absolute atomic E-state index is 0.0660. The van der Waals surface area contributed by atoms with Gasteiger partial charge in [-0.05, 0) is 44.0 Å². The van der Waals surface area contributed by atoms with Gasteiger partial charge in [0.05, 0.1) is 13.2 Å². The number of aromatic nitrogens is 2. The van der Waals surface area contributed by atoms with E-state index in [-0.39, 0.29) is 17.8 Å². The van der Waals surface area contributed by atoms with Crippen LogP contribution < -0.4 is 10.2 Å². The lowest BCUT2D eigenvalue weighted by Crippen LogP contribution is -2.39. The van der Waals surface area contributed by atoms with E-state index in [2.05, 4.69) is 33.3 Å². The first-order valence-corrected chi connectivity index (χ1v) is 12.2. The van der Waals surface area contributed by atoms with E-state index in [1.54, 1.807) is 12.1 Å². The second-order valence-electron chi connectivity index (χ2n) is 8.15. The van der Waals surface area contributed by atoms with Crippen molar-refractivity contribution in [1.29, 1.82) is 0 Å². The summed E-state index contributed by atoms with van der Waals surface area (Å²) in [6.45, 7) is 10.1. The Morgan fingerprint density at radius 2 is 2.06 bits per heavy atom. The summed E-state index contributed by atoms with van der Waals surface area (Å²) >= 11 is 1.36. The fraction of sp³-hybridized carbons (Fsp3) is 0.609. The van der Waals surface area contributed by atoms with Gasteiger partial charge in [-0.3, -0.25) is 9.69 Å². The first-order chi connectivity index (χ1) is 15.5. The van der Waals surface area contributed by atoms with Crippen molar-refractivity contribution >= 4 is 22.6 Å². The molecule has 3 rings (SSSR count). The summed E-state index contributed by atoms with van der Waals surface area (Å²) in [7, 11) is 0. The molecule has 1 aliphatic rings. The number of nitrogens with one attached hydrogen (secondary N) is 1. The number of morpholine rings is 1. The molecule has 0 radical (unpaired) electrons. The van der Waals surface area contributed by atoms with Gasteiger partial charge in [-0.15, -0.1) is 0 Å². The minimum Gasteiger partial charge on any atom is -0.379 e. The van der Waals surface area contributed by atoms with Crippen LogP contribution in [0.4, 0.5) is 9.52 Å². The average Bonchev–Trinajstić information content (AvgIpc) is 3.27. The van der Waals surface area contributed by atoms with Gasteiger partial charge >= 0.3 is 0 Å². The second kappa shape index (κ2) is 12.8. The Kier molecular flexibility index (Phi) is 9.83. The summed E-state index contributed by atoms with van der Waals surface area (Å²) in [5, 5.41) is 3.87. The van der Waals surface area contributed by atoms with Crippen molar-refractivity contribution in [3.8, 4) is 0 Å². The molecule has 2 heterocycles. The number of benzene rings is 1. The zero-order valence-corrected chi connectivity index (χ0v) is 19.9. The molecule has 2 aromatic rings. The van der Waals surface area contributed by atoms with Crippen molar-refractivity contribution in [1.82, 2.24) is 19.6 Å². The lowest BCUT2D eigenvalue weighted by Gasteiger charge is -2.27. The van der Waals surface area contributed by atoms with E-state index in [0.717, 1.165) is 62.2 Å². The Balaban J connectivity index is 1.45. The number of anilines is 1. The highest BCUT2D eigenvalue weighted by atomic mass is 32.1. The van der Waals surface area contributed by atoms with Crippen LogP contribution in [-0.2, 0) is 16.0 Å². The smallest absolute Gasteiger partial charge is 0.221 e. The van der Waals surface area contributed by atoms with Gasteiger partial charge in [0.15, 0.2) is 0 Å². The molecule has 0 spiro atoms. The molecule has 32 heavy (non-hydrogen) atoms. The van der Waals surface area contributed by atoms with Gasteiger partial charge in [-0.25, -0.2) is 9.37 Å². The first-order valence-electron chi connectivity index (χ1n) is 11.5. The minimum atomic E-state index is -0.247. The summed E-state index contributed by atoms with van der Waals surface area (Å²) in [6.07, 6.45) is 2.89. The average molecular weight is 464 g/mol. The third kappa shape index (κ3) is 7.79. The van der Waals surface area contributed by atoms with Gasteiger partial charge in [0.25, 0.3) is 0 Å². The van der Waals surface area contributed by atoms with Crippen LogP contribution in [0.3, 0.4) is 0 Å². The van der Waals surface area contributed by atoms with Gasteiger partial charge in [0.2, 0.25) is 11.0 Å².